The Morgan fingerprint density at radius 1 is 1.33 bits per heavy atom. The first-order valence-corrected chi connectivity index (χ1v) is 5.83. The molecule has 3 aliphatic carbocycles. The van der Waals surface area contributed by atoms with Crippen molar-refractivity contribution in [2.45, 2.75) is 25.7 Å². The minimum Gasteiger partial charge on any atom is -0.468 e. The molecule has 3 rings (SSSR count). The van der Waals surface area contributed by atoms with Crippen LogP contribution in [0.1, 0.15) is 25.7 Å². The van der Waals surface area contributed by atoms with E-state index in [0.29, 0.717) is 24.2 Å². The van der Waals surface area contributed by atoms with Gasteiger partial charge in [0, 0.05) is 6.42 Å². The Balaban J connectivity index is 1.90. The molecule has 0 unspecified atom stereocenters. The lowest BCUT2D eigenvalue weighted by Gasteiger charge is -2.26. The van der Waals surface area contributed by atoms with Gasteiger partial charge >= 0.3 is 5.97 Å². The number of carbonyl (C=O) groups is 2. The predicted octanol–water partition coefficient (Wildman–Crippen LogP) is 1.41. The van der Waals surface area contributed by atoms with E-state index in [2.05, 4.69) is 0 Å². The lowest BCUT2D eigenvalue weighted by molar-refractivity contribution is -0.150. The quantitative estimate of drug-likeness (QED) is 0.483. The highest BCUT2D eigenvalue weighted by molar-refractivity contribution is 6.01. The minimum atomic E-state index is -0.421. The van der Waals surface area contributed by atoms with Crippen molar-refractivity contribution in [3.05, 3.63) is 0 Å². The van der Waals surface area contributed by atoms with Crippen LogP contribution in [0.25, 0.3) is 0 Å². The van der Waals surface area contributed by atoms with Crippen LogP contribution in [-0.2, 0) is 14.3 Å². The molecule has 0 radical (unpaired) electrons. The average Bonchev–Trinajstić information content (AvgIpc) is 2.86. The topological polar surface area (TPSA) is 43.4 Å². The summed E-state index contributed by atoms with van der Waals surface area (Å²) in [5.74, 6) is 1.59. The lowest BCUT2D eigenvalue weighted by Crippen LogP contribution is -2.30. The molecule has 0 heterocycles. The van der Waals surface area contributed by atoms with Crippen molar-refractivity contribution in [3.63, 3.8) is 0 Å². The molecule has 0 spiro atoms. The van der Waals surface area contributed by atoms with Crippen molar-refractivity contribution < 1.29 is 14.3 Å². The van der Waals surface area contributed by atoms with E-state index in [9.17, 15) is 9.59 Å². The number of rotatable bonds is 1. The summed E-state index contributed by atoms with van der Waals surface area (Å²) in [4.78, 5) is 23.4. The Morgan fingerprint density at radius 3 is 2.80 bits per heavy atom. The zero-order valence-corrected chi connectivity index (χ0v) is 8.94. The molecule has 0 aromatic carbocycles. The molecule has 3 fully saturated rings. The highest BCUT2D eigenvalue weighted by Gasteiger charge is 2.58. The van der Waals surface area contributed by atoms with Gasteiger partial charge in [-0.25, -0.2) is 0 Å². The van der Waals surface area contributed by atoms with E-state index in [1.807, 2.05) is 0 Å². The fraction of sp³-hybridized carbons (Fsp3) is 0.833. The summed E-state index contributed by atoms with van der Waals surface area (Å²) >= 11 is 0. The number of methoxy groups -OCH3 is 1. The highest BCUT2D eigenvalue weighted by atomic mass is 16.5. The maximum absolute atomic E-state index is 11.8. The Morgan fingerprint density at radius 2 is 2.07 bits per heavy atom. The molecule has 0 aliphatic heterocycles. The summed E-state index contributed by atoms with van der Waals surface area (Å²) in [5.41, 5.74) is 0. The van der Waals surface area contributed by atoms with Gasteiger partial charge in [-0.3, -0.25) is 9.59 Å². The molecule has 3 saturated carbocycles. The zero-order valence-electron chi connectivity index (χ0n) is 8.94. The summed E-state index contributed by atoms with van der Waals surface area (Å²) in [5, 5.41) is 0. The minimum absolute atomic E-state index is 0.133. The molecule has 3 heteroatoms. The second-order valence-corrected chi connectivity index (χ2v) is 5.25. The smallest absolute Gasteiger partial charge is 0.316 e. The number of carbonyl (C=O) groups excluding carboxylic acids is 2. The molecule has 0 aromatic rings. The summed E-state index contributed by atoms with van der Waals surface area (Å²) in [7, 11) is 1.39. The lowest BCUT2D eigenvalue weighted by atomic mass is 9.78. The molecule has 15 heavy (non-hydrogen) atoms. The second kappa shape index (κ2) is 3.06. The van der Waals surface area contributed by atoms with E-state index in [4.69, 9.17) is 4.74 Å². The van der Waals surface area contributed by atoms with Gasteiger partial charge < -0.3 is 4.74 Å². The first-order chi connectivity index (χ1) is 7.22. The Kier molecular flexibility index (Phi) is 1.91. The van der Waals surface area contributed by atoms with E-state index < -0.39 is 5.92 Å². The van der Waals surface area contributed by atoms with Crippen LogP contribution in [0.2, 0.25) is 0 Å². The molecule has 3 nitrogen and oxygen atoms in total. The SMILES string of the molecule is COC(=O)[C@H]1C(=O)C[C@@H]2[C@H]3CC[C@H](C3)[C@H]12. The third-order valence-corrected chi connectivity index (χ3v) is 4.78. The Hall–Kier alpha value is -0.860. The molecule has 2 bridgehead atoms. The van der Waals surface area contributed by atoms with E-state index >= 15 is 0 Å². The maximum atomic E-state index is 11.8. The fourth-order valence-electron chi connectivity index (χ4n) is 4.27. The molecule has 0 amide bonds. The number of hydrogen-bond acceptors (Lipinski definition) is 3. The van der Waals surface area contributed by atoms with Gasteiger partial charge in [0.2, 0.25) is 0 Å². The van der Waals surface area contributed by atoms with Crippen LogP contribution in [0.4, 0.5) is 0 Å². The predicted molar refractivity (Wildman–Crippen MR) is 52.9 cm³/mol. The number of ether oxygens (including phenoxy) is 1. The molecule has 0 N–H and O–H groups in total. The van der Waals surface area contributed by atoms with Crippen LogP contribution in [0.15, 0.2) is 0 Å². The van der Waals surface area contributed by atoms with E-state index in [1.165, 1.54) is 26.4 Å². The standard InChI is InChI=1S/C12H16O3/c1-15-12(14)11-9(13)5-8-6-2-3-7(4-6)10(8)11/h6-8,10-11H,2-5H2,1H3/t6-,7+,8+,10-,11-/m0/s1. The van der Waals surface area contributed by atoms with Crippen LogP contribution in [0.5, 0.6) is 0 Å². The van der Waals surface area contributed by atoms with Crippen molar-refractivity contribution in [2.75, 3.05) is 7.11 Å². The van der Waals surface area contributed by atoms with Gasteiger partial charge in [-0.05, 0) is 42.9 Å². The van der Waals surface area contributed by atoms with Crippen molar-refractivity contribution in [1.29, 1.82) is 0 Å². The van der Waals surface area contributed by atoms with Crippen molar-refractivity contribution in [3.8, 4) is 0 Å². The van der Waals surface area contributed by atoms with Gasteiger partial charge in [0.15, 0.2) is 0 Å². The van der Waals surface area contributed by atoms with E-state index in [0.717, 1.165) is 5.92 Å². The van der Waals surface area contributed by atoms with Gasteiger partial charge in [-0.2, -0.15) is 0 Å². The maximum Gasteiger partial charge on any atom is 0.316 e. The highest BCUT2D eigenvalue weighted by Crippen LogP contribution is 2.59. The third-order valence-electron chi connectivity index (χ3n) is 4.78. The van der Waals surface area contributed by atoms with Gasteiger partial charge in [-0.15, -0.1) is 0 Å². The summed E-state index contributed by atoms with van der Waals surface area (Å²) < 4.78 is 4.76. The third kappa shape index (κ3) is 1.12. The summed E-state index contributed by atoms with van der Waals surface area (Å²) in [6.45, 7) is 0. The van der Waals surface area contributed by atoms with Gasteiger partial charge in [0.05, 0.1) is 7.11 Å². The van der Waals surface area contributed by atoms with Gasteiger partial charge in [-0.1, -0.05) is 0 Å². The largest absolute Gasteiger partial charge is 0.468 e. The van der Waals surface area contributed by atoms with Crippen LogP contribution < -0.4 is 0 Å². The van der Waals surface area contributed by atoms with Crippen molar-refractivity contribution in [1.82, 2.24) is 0 Å². The average molecular weight is 208 g/mol. The molecule has 82 valence electrons. The molecule has 0 aromatic heterocycles. The number of fused-ring (bicyclic) bond motifs is 5. The van der Waals surface area contributed by atoms with Crippen LogP contribution >= 0.6 is 0 Å². The van der Waals surface area contributed by atoms with Gasteiger partial charge in [0.1, 0.15) is 11.7 Å². The molecule has 0 saturated heterocycles. The second-order valence-electron chi connectivity index (χ2n) is 5.25. The zero-order chi connectivity index (χ0) is 10.6. The Bertz CT molecular complexity index is 323. The van der Waals surface area contributed by atoms with Crippen LogP contribution in [0, 0.1) is 29.6 Å². The Labute approximate surface area is 89.2 Å². The van der Waals surface area contributed by atoms with Crippen molar-refractivity contribution >= 4 is 11.8 Å². The summed E-state index contributed by atoms with van der Waals surface area (Å²) in [6, 6.07) is 0. The van der Waals surface area contributed by atoms with Crippen molar-refractivity contribution in [2.24, 2.45) is 29.6 Å². The van der Waals surface area contributed by atoms with E-state index in [1.54, 1.807) is 0 Å². The normalized spacial score (nSPS) is 47.0. The molecular weight excluding hydrogens is 192 g/mol. The van der Waals surface area contributed by atoms with E-state index in [-0.39, 0.29) is 11.8 Å². The van der Waals surface area contributed by atoms with Gasteiger partial charge in [0.25, 0.3) is 0 Å². The molecule has 5 atom stereocenters. The molecule has 3 aliphatic rings. The number of hydrogen-bond donors (Lipinski definition) is 0. The number of esters is 1. The first kappa shape index (κ1) is 9.37. The first-order valence-electron chi connectivity index (χ1n) is 5.83. The molecular formula is C12H16O3. The monoisotopic (exact) mass is 208 g/mol. The fourth-order valence-corrected chi connectivity index (χ4v) is 4.27. The number of Topliss-reactive ketones (excluding diaryl/α,β-unsaturated/α-hetero) is 1. The van der Waals surface area contributed by atoms with Crippen LogP contribution in [0.3, 0.4) is 0 Å². The van der Waals surface area contributed by atoms with Crippen LogP contribution in [-0.4, -0.2) is 18.9 Å². The number of ketones is 1. The summed E-state index contributed by atoms with van der Waals surface area (Å²) in [6.07, 6.45) is 4.36.